The van der Waals surface area contributed by atoms with Crippen LogP contribution in [-0.4, -0.2) is 49.7 Å². The van der Waals surface area contributed by atoms with Gasteiger partial charge in [-0.3, -0.25) is 4.79 Å². The van der Waals surface area contributed by atoms with Crippen molar-refractivity contribution in [1.82, 2.24) is 4.90 Å². The van der Waals surface area contributed by atoms with E-state index in [2.05, 4.69) is 11.8 Å². The Balaban J connectivity index is 0.00000288. The molecule has 2 rings (SSSR count). The van der Waals surface area contributed by atoms with Gasteiger partial charge in [0.25, 0.3) is 0 Å². The zero-order valence-corrected chi connectivity index (χ0v) is 16.0. The number of hydrogen-bond acceptors (Lipinski definition) is 3. The molecule has 5 heteroatoms. The molecule has 1 saturated heterocycles. The van der Waals surface area contributed by atoms with Gasteiger partial charge in [0.15, 0.2) is 0 Å². The Morgan fingerprint density at radius 3 is 2.33 bits per heavy atom. The van der Waals surface area contributed by atoms with E-state index in [1.807, 2.05) is 42.2 Å². The van der Waals surface area contributed by atoms with E-state index in [9.17, 15) is 4.79 Å². The number of rotatable bonds is 7. The minimum Gasteiger partial charge on any atom is -0.382 e. The molecule has 136 valence electrons. The lowest BCUT2D eigenvalue weighted by atomic mass is 9.85. The first-order valence-corrected chi connectivity index (χ1v) is 8.76. The predicted octanol–water partition coefficient (Wildman–Crippen LogP) is 3.74. The number of para-hydroxylation sites is 1. The van der Waals surface area contributed by atoms with Crippen molar-refractivity contribution in [1.29, 1.82) is 0 Å². The number of hydrogen-bond donors (Lipinski definition) is 0. The molecule has 0 unspecified atom stereocenters. The molecule has 1 heterocycles. The smallest absolute Gasteiger partial charge is 0.227 e. The number of anilines is 1. The highest BCUT2D eigenvalue weighted by molar-refractivity contribution is 5.94. The summed E-state index contributed by atoms with van der Waals surface area (Å²) in [7, 11) is 1.74. The fourth-order valence-corrected chi connectivity index (χ4v) is 3.63. The largest absolute Gasteiger partial charge is 0.382 e. The number of ether oxygens (including phenoxy) is 1. The van der Waals surface area contributed by atoms with Gasteiger partial charge in [-0.05, 0) is 37.9 Å². The Morgan fingerprint density at radius 2 is 1.83 bits per heavy atom. The van der Waals surface area contributed by atoms with Gasteiger partial charge in [0.05, 0.1) is 12.1 Å². The molecule has 0 atom stereocenters. The van der Waals surface area contributed by atoms with Gasteiger partial charge in [-0.25, -0.2) is 0 Å². The standard InChI is InChI=1S/C19H30N2O2.ClH/c1-4-13-20-14-11-19(12-15-20,16-23-3)21(18(22)5-2)17-9-7-6-8-10-17;/h6-10H,4-5,11-16H2,1-3H3;1H. The number of benzene rings is 1. The Morgan fingerprint density at radius 1 is 1.21 bits per heavy atom. The van der Waals surface area contributed by atoms with E-state index in [4.69, 9.17) is 4.74 Å². The van der Waals surface area contributed by atoms with Crippen molar-refractivity contribution in [2.75, 3.05) is 38.3 Å². The summed E-state index contributed by atoms with van der Waals surface area (Å²) in [5, 5.41) is 0. The third-order valence-electron chi connectivity index (χ3n) is 4.78. The Hall–Kier alpha value is -1.10. The molecule has 0 aliphatic carbocycles. The first-order chi connectivity index (χ1) is 11.2. The number of halogens is 1. The average Bonchev–Trinajstić information content (AvgIpc) is 2.58. The summed E-state index contributed by atoms with van der Waals surface area (Å²) in [6, 6.07) is 10.0. The van der Waals surface area contributed by atoms with Crippen LogP contribution in [0.1, 0.15) is 39.5 Å². The maximum absolute atomic E-state index is 12.8. The second kappa shape index (κ2) is 10.0. The zero-order valence-electron chi connectivity index (χ0n) is 15.2. The minimum atomic E-state index is -0.229. The fraction of sp³-hybridized carbons (Fsp3) is 0.632. The Kier molecular flexibility index (Phi) is 8.74. The van der Waals surface area contributed by atoms with Crippen LogP contribution in [0.5, 0.6) is 0 Å². The Labute approximate surface area is 152 Å². The highest BCUT2D eigenvalue weighted by Crippen LogP contribution is 2.34. The minimum absolute atomic E-state index is 0. The number of amides is 1. The molecule has 0 spiro atoms. The van der Waals surface area contributed by atoms with Crippen LogP contribution in [-0.2, 0) is 9.53 Å². The molecule has 0 bridgehead atoms. The van der Waals surface area contributed by atoms with Gasteiger partial charge in [-0.1, -0.05) is 32.0 Å². The highest BCUT2D eigenvalue weighted by atomic mass is 35.5. The summed E-state index contributed by atoms with van der Waals surface area (Å²) in [5.74, 6) is 0.178. The molecule has 24 heavy (non-hydrogen) atoms. The topological polar surface area (TPSA) is 32.8 Å². The normalized spacial score (nSPS) is 17.1. The summed E-state index contributed by atoms with van der Waals surface area (Å²) < 4.78 is 5.56. The zero-order chi connectivity index (χ0) is 16.7. The molecular weight excluding hydrogens is 324 g/mol. The number of piperidine rings is 1. The lowest BCUT2D eigenvalue weighted by molar-refractivity contribution is -0.120. The maximum Gasteiger partial charge on any atom is 0.227 e. The molecule has 1 aromatic carbocycles. The SMILES string of the molecule is CCCN1CCC(COC)(N(C(=O)CC)c2ccccc2)CC1.Cl. The summed E-state index contributed by atoms with van der Waals surface area (Å²) >= 11 is 0. The van der Waals surface area contributed by atoms with E-state index >= 15 is 0 Å². The quantitative estimate of drug-likeness (QED) is 0.747. The van der Waals surface area contributed by atoms with Gasteiger partial charge in [0.2, 0.25) is 5.91 Å². The third kappa shape index (κ3) is 4.71. The highest BCUT2D eigenvalue weighted by Gasteiger charge is 2.42. The number of likely N-dealkylation sites (tertiary alicyclic amines) is 1. The van der Waals surface area contributed by atoms with Gasteiger partial charge >= 0.3 is 0 Å². The van der Waals surface area contributed by atoms with Gasteiger partial charge in [0.1, 0.15) is 0 Å². The lowest BCUT2D eigenvalue weighted by Crippen LogP contribution is -2.60. The number of carbonyl (C=O) groups excluding carboxylic acids is 1. The van der Waals surface area contributed by atoms with Crippen molar-refractivity contribution in [2.45, 2.75) is 45.1 Å². The molecule has 1 aliphatic rings. The van der Waals surface area contributed by atoms with Crippen LogP contribution in [0.25, 0.3) is 0 Å². The predicted molar refractivity (Wildman–Crippen MR) is 102 cm³/mol. The van der Waals surface area contributed by atoms with E-state index in [-0.39, 0.29) is 23.9 Å². The van der Waals surface area contributed by atoms with Gasteiger partial charge in [0, 0.05) is 32.3 Å². The van der Waals surface area contributed by atoms with Crippen molar-refractivity contribution in [2.24, 2.45) is 0 Å². The van der Waals surface area contributed by atoms with Crippen LogP contribution in [0.3, 0.4) is 0 Å². The second-order valence-corrected chi connectivity index (χ2v) is 6.42. The molecule has 0 radical (unpaired) electrons. The molecular formula is C19H31ClN2O2. The first kappa shape index (κ1) is 20.9. The van der Waals surface area contributed by atoms with Crippen molar-refractivity contribution < 1.29 is 9.53 Å². The summed E-state index contributed by atoms with van der Waals surface area (Å²) in [5.41, 5.74) is 0.758. The third-order valence-corrected chi connectivity index (χ3v) is 4.78. The van der Waals surface area contributed by atoms with Crippen LogP contribution >= 0.6 is 12.4 Å². The van der Waals surface area contributed by atoms with Crippen LogP contribution in [0, 0.1) is 0 Å². The number of nitrogens with zero attached hydrogens (tertiary/aromatic N) is 2. The molecule has 1 aromatic rings. The number of carbonyl (C=O) groups is 1. The van der Waals surface area contributed by atoms with Crippen molar-refractivity contribution in [3.05, 3.63) is 30.3 Å². The van der Waals surface area contributed by atoms with Crippen molar-refractivity contribution in [3.8, 4) is 0 Å². The van der Waals surface area contributed by atoms with Gasteiger partial charge in [-0.2, -0.15) is 0 Å². The van der Waals surface area contributed by atoms with Crippen molar-refractivity contribution >= 4 is 24.0 Å². The Bertz CT molecular complexity index is 487. The van der Waals surface area contributed by atoms with Gasteiger partial charge < -0.3 is 14.5 Å². The van der Waals surface area contributed by atoms with Crippen LogP contribution in [0.15, 0.2) is 30.3 Å². The summed E-state index contributed by atoms with van der Waals surface area (Å²) in [6.45, 7) is 7.93. The fourth-order valence-electron chi connectivity index (χ4n) is 3.63. The average molecular weight is 355 g/mol. The van der Waals surface area contributed by atoms with E-state index in [0.29, 0.717) is 13.0 Å². The van der Waals surface area contributed by atoms with Crippen LogP contribution < -0.4 is 4.90 Å². The van der Waals surface area contributed by atoms with E-state index < -0.39 is 0 Å². The van der Waals surface area contributed by atoms with Gasteiger partial charge in [-0.15, -0.1) is 12.4 Å². The lowest BCUT2D eigenvalue weighted by Gasteiger charge is -2.48. The molecule has 4 nitrogen and oxygen atoms in total. The molecule has 1 fully saturated rings. The first-order valence-electron chi connectivity index (χ1n) is 8.76. The monoisotopic (exact) mass is 354 g/mol. The maximum atomic E-state index is 12.8. The van der Waals surface area contributed by atoms with Crippen LogP contribution in [0.4, 0.5) is 5.69 Å². The van der Waals surface area contributed by atoms with E-state index in [0.717, 1.165) is 38.2 Å². The summed E-state index contributed by atoms with van der Waals surface area (Å²) in [6.07, 6.45) is 3.61. The number of methoxy groups -OCH3 is 1. The van der Waals surface area contributed by atoms with Crippen LogP contribution in [0.2, 0.25) is 0 Å². The second-order valence-electron chi connectivity index (χ2n) is 6.42. The molecule has 1 aliphatic heterocycles. The molecule has 0 saturated carbocycles. The molecule has 0 aromatic heterocycles. The van der Waals surface area contributed by atoms with E-state index in [1.165, 1.54) is 6.42 Å². The van der Waals surface area contributed by atoms with Crippen molar-refractivity contribution in [3.63, 3.8) is 0 Å². The summed E-state index contributed by atoms with van der Waals surface area (Å²) in [4.78, 5) is 17.3. The molecule has 1 amide bonds. The molecule has 0 N–H and O–H groups in total. The van der Waals surface area contributed by atoms with E-state index in [1.54, 1.807) is 7.11 Å².